The molecule has 1 amide bonds. The van der Waals surface area contributed by atoms with Gasteiger partial charge in [0.2, 0.25) is 0 Å². The zero-order chi connectivity index (χ0) is 52.5. The van der Waals surface area contributed by atoms with Gasteiger partial charge >= 0.3 is 18.0 Å². The highest BCUT2D eigenvalue weighted by Gasteiger charge is 2.78. The van der Waals surface area contributed by atoms with Gasteiger partial charge in [0.1, 0.15) is 47.6 Å². The van der Waals surface area contributed by atoms with Crippen LogP contribution in [0.5, 0.6) is 11.5 Å². The van der Waals surface area contributed by atoms with E-state index in [9.17, 15) is 24.9 Å². The average Bonchev–Trinajstić information content (AvgIpc) is 3.85. The van der Waals surface area contributed by atoms with Gasteiger partial charge in [-0.3, -0.25) is 4.90 Å². The Labute approximate surface area is 431 Å². The number of fused-ring (bicyclic) bond motifs is 4. The molecule has 2 saturated carbocycles. The summed E-state index contributed by atoms with van der Waals surface area (Å²) in [7, 11) is 3.12. The van der Waals surface area contributed by atoms with E-state index >= 15 is 4.79 Å². The molecule has 14 atom stereocenters. The lowest BCUT2D eigenvalue weighted by atomic mass is 9.44. The van der Waals surface area contributed by atoms with Crippen molar-refractivity contribution in [2.75, 3.05) is 20.8 Å². The quantitative estimate of drug-likeness (QED) is 0.0706. The largest absolute Gasteiger partial charge is 0.497 e. The minimum absolute atomic E-state index is 0.0307. The highest BCUT2D eigenvalue weighted by molar-refractivity contribution is 5.89. The van der Waals surface area contributed by atoms with E-state index in [1.54, 1.807) is 102 Å². The molecule has 4 aromatic rings. The summed E-state index contributed by atoms with van der Waals surface area (Å²) in [6.45, 7) is 10.9. The number of aliphatic hydroxyl groups excluding tert-OH is 1. The minimum Gasteiger partial charge on any atom is -0.497 e. The molecule has 3 aliphatic heterocycles. The zero-order valence-corrected chi connectivity index (χ0v) is 43.0. The molecule has 0 aromatic heterocycles. The Morgan fingerprint density at radius 1 is 0.784 bits per heavy atom. The molecule has 16 heteroatoms. The Bertz CT molecular complexity index is 2730. The molecule has 3 N–H and O–H groups in total. The van der Waals surface area contributed by atoms with Gasteiger partial charge in [0.15, 0.2) is 18.6 Å². The molecular formula is C58H67NO15. The fourth-order valence-corrected chi connectivity index (χ4v) is 13.0. The summed E-state index contributed by atoms with van der Waals surface area (Å²) in [6.07, 6.45) is -11.1. The molecule has 5 fully saturated rings. The average molecular weight is 1020 g/mol. The summed E-state index contributed by atoms with van der Waals surface area (Å²) in [5.74, 6) is -1.64. The lowest BCUT2D eigenvalue weighted by Gasteiger charge is -2.70. The summed E-state index contributed by atoms with van der Waals surface area (Å²) in [6, 6.07) is 30.9. The van der Waals surface area contributed by atoms with Gasteiger partial charge in [-0.1, -0.05) is 107 Å². The number of carbonyl (C=O) groups is 3. The summed E-state index contributed by atoms with van der Waals surface area (Å²) >= 11 is 0. The van der Waals surface area contributed by atoms with Crippen LogP contribution in [0.3, 0.4) is 0 Å². The summed E-state index contributed by atoms with van der Waals surface area (Å²) in [5.41, 5.74) is -3.79. The normalized spacial score (nSPS) is 34.8. The Hall–Kier alpha value is -5.85. The Morgan fingerprint density at radius 2 is 1.41 bits per heavy atom. The van der Waals surface area contributed by atoms with E-state index in [-0.39, 0.29) is 37.5 Å². The Morgan fingerprint density at radius 3 is 2.00 bits per heavy atom. The molecule has 74 heavy (non-hydrogen) atoms. The maximum atomic E-state index is 15.3. The minimum atomic E-state index is -2.17. The Kier molecular flexibility index (Phi) is 13.7. The van der Waals surface area contributed by atoms with E-state index in [1.807, 2.05) is 63.2 Å². The summed E-state index contributed by atoms with van der Waals surface area (Å²) < 4.78 is 56.8. The van der Waals surface area contributed by atoms with Crippen LogP contribution in [0, 0.1) is 22.7 Å². The van der Waals surface area contributed by atoms with Gasteiger partial charge in [-0.2, -0.15) is 0 Å². The van der Waals surface area contributed by atoms with Crippen LogP contribution in [0.4, 0.5) is 4.79 Å². The van der Waals surface area contributed by atoms with E-state index in [0.717, 1.165) is 5.56 Å². The number of amides is 1. The molecule has 3 saturated heterocycles. The molecule has 3 aliphatic carbocycles. The molecular weight excluding hydrogens is 951 g/mol. The van der Waals surface area contributed by atoms with E-state index in [2.05, 4.69) is 0 Å². The first-order valence-corrected chi connectivity index (χ1v) is 25.5. The van der Waals surface area contributed by atoms with Crippen LogP contribution in [0.2, 0.25) is 0 Å². The van der Waals surface area contributed by atoms with Crippen molar-refractivity contribution in [2.24, 2.45) is 22.7 Å². The van der Waals surface area contributed by atoms with Crippen molar-refractivity contribution in [1.82, 2.24) is 4.90 Å². The molecule has 3 unspecified atom stereocenters. The molecule has 16 nitrogen and oxygen atoms in total. The first-order chi connectivity index (χ1) is 35.3. The molecule has 4 aromatic carbocycles. The van der Waals surface area contributed by atoms with Crippen LogP contribution < -0.4 is 9.47 Å². The SMILES string of the molecule is COc1ccc(C2O[C@H]3C[C@H]4OC[C@@]4(O)[C@H]4[C@H](OC(=O)c5ccccc5)[C@]5(O)C[C@H](OC(=O)C6OC(c7ccc(OC)cc7)N(C(=O)OCc7ccccc7)[C@H]6CC(C)C)C(C)=C([C@H](O)[C@H](O2)[C@]34C)C5(C)C)cc1. The van der Waals surface area contributed by atoms with Gasteiger partial charge in [-0.15, -0.1) is 0 Å². The van der Waals surface area contributed by atoms with E-state index in [4.69, 9.17) is 42.6 Å². The number of hydrogen-bond acceptors (Lipinski definition) is 15. The lowest BCUT2D eigenvalue weighted by Crippen LogP contribution is -2.82. The van der Waals surface area contributed by atoms with Crippen LogP contribution in [-0.4, -0.2) is 119 Å². The third-order valence-corrected chi connectivity index (χ3v) is 17.0. The molecule has 3 heterocycles. The van der Waals surface area contributed by atoms with Crippen molar-refractivity contribution < 1.29 is 72.3 Å². The predicted molar refractivity (Wildman–Crippen MR) is 266 cm³/mol. The van der Waals surface area contributed by atoms with Gasteiger partial charge in [-0.05, 0) is 72.4 Å². The third kappa shape index (κ3) is 8.56. The number of hydrogen-bond donors (Lipinski definition) is 3. The topological polar surface area (TPSA) is 198 Å². The van der Waals surface area contributed by atoms with E-state index in [0.29, 0.717) is 40.2 Å². The molecule has 0 radical (unpaired) electrons. The number of carbonyl (C=O) groups excluding carboxylic acids is 3. The lowest BCUT2D eigenvalue weighted by molar-refractivity contribution is -0.413. The second-order valence-corrected chi connectivity index (χ2v) is 21.9. The van der Waals surface area contributed by atoms with Gasteiger partial charge in [-0.25, -0.2) is 14.4 Å². The summed E-state index contributed by atoms with van der Waals surface area (Å²) in [5, 5.41) is 40.4. The number of rotatable bonds is 12. The van der Waals surface area contributed by atoms with Crippen LogP contribution >= 0.6 is 0 Å². The number of benzene rings is 4. The summed E-state index contributed by atoms with van der Waals surface area (Å²) in [4.78, 5) is 45.8. The van der Waals surface area contributed by atoms with Gasteiger partial charge in [0.05, 0.1) is 50.7 Å². The zero-order valence-electron chi connectivity index (χ0n) is 43.0. The standard InChI is InChI=1S/C58H67NO15/c1-32(2)27-40-46(72-50(35-19-23-38(66-7)24-20-35)59(40)54(63)68-30-34-15-11-9-12-16-34)52(62)70-41-29-58(65)49(73-51(61)36-17-13-10-14-18-36)47-56(6)42(28-43-57(47,64)31-69-43)71-53(37-21-25-39(67-8)26-22-37)74-48(56)45(60)44(33(41)3)55(58,4)5/h9-26,32,40-43,45-50,53,60,64-65H,27-31H2,1-8H3/t40-,41-,42-,43+,45-,46?,47-,48-,49-,50?,53?,56+,57-,58+/m0/s1. The molecule has 394 valence electrons. The number of nitrogens with zero attached hydrogens (tertiary/aromatic N) is 1. The third-order valence-electron chi connectivity index (χ3n) is 17.0. The van der Waals surface area contributed by atoms with Crippen LogP contribution in [-0.2, 0) is 44.6 Å². The second kappa shape index (κ2) is 19.7. The van der Waals surface area contributed by atoms with Crippen LogP contribution in [0.15, 0.2) is 120 Å². The van der Waals surface area contributed by atoms with Crippen molar-refractivity contribution >= 4 is 18.0 Å². The number of ether oxygens (including phenoxy) is 9. The fourth-order valence-electron chi connectivity index (χ4n) is 13.0. The first kappa shape index (κ1) is 51.6. The molecule has 10 rings (SSSR count). The maximum absolute atomic E-state index is 15.3. The second-order valence-electron chi connectivity index (χ2n) is 21.9. The van der Waals surface area contributed by atoms with Crippen LogP contribution in [0.1, 0.15) is 100 Å². The molecule has 6 aliphatic rings. The van der Waals surface area contributed by atoms with Gasteiger partial charge in [0, 0.05) is 40.7 Å². The van der Waals surface area contributed by atoms with Crippen molar-refractivity contribution in [2.45, 2.75) is 140 Å². The van der Waals surface area contributed by atoms with Gasteiger partial charge < -0.3 is 58.0 Å². The fraction of sp³-hybridized carbons (Fsp3) is 0.500. The predicted octanol–water partition coefficient (Wildman–Crippen LogP) is 7.78. The highest BCUT2D eigenvalue weighted by atomic mass is 16.7. The molecule has 0 spiro atoms. The van der Waals surface area contributed by atoms with E-state index < -0.39 is 107 Å². The number of aliphatic hydroxyl groups is 3. The maximum Gasteiger partial charge on any atom is 0.412 e. The smallest absolute Gasteiger partial charge is 0.412 e. The molecule has 2 bridgehead atoms. The van der Waals surface area contributed by atoms with Crippen molar-refractivity contribution in [3.63, 3.8) is 0 Å². The van der Waals surface area contributed by atoms with Crippen molar-refractivity contribution in [3.05, 3.63) is 143 Å². The Balaban J connectivity index is 1.07. The van der Waals surface area contributed by atoms with Crippen molar-refractivity contribution in [3.8, 4) is 11.5 Å². The first-order valence-electron chi connectivity index (χ1n) is 25.5. The van der Waals surface area contributed by atoms with Crippen LogP contribution in [0.25, 0.3) is 0 Å². The number of esters is 2. The van der Waals surface area contributed by atoms with E-state index in [1.165, 1.54) is 4.90 Å². The van der Waals surface area contributed by atoms with Gasteiger partial charge in [0.25, 0.3) is 0 Å². The van der Waals surface area contributed by atoms with Crippen molar-refractivity contribution in [1.29, 1.82) is 0 Å². The monoisotopic (exact) mass is 1020 g/mol. The highest BCUT2D eigenvalue weighted by Crippen LogP contribution is 2.67. The number of methoxy groups -OCH3 is 2.